The van der Waals surface area contributed by atoms with Crippen molar-refractivity contribution in [3.8, 4) is 0 Å². The fourth-order valence-electron chi connectivity index (χ4n) is 3.02. The number of carboxylic acid groups (broad SMARTS) is 1. The van der Waals surface area contributed by atoms with Gasteiger partial charge in [-0.05, 0) is 17.7 Å². The topological polar surface area (TPSA) is 109 Å². The van der Waals surface area contributed by atoms with Crippen LogP contribution < -0.4 is 5.73 Å². The van der Waals surface area contributed by atoms with Crippen LogP contribution in [0.3, 0.4) is 0 Å². The summed E-state index contributed by atoms with van der Waals surface area (Å²) in [4.78, 5) is 30.3. The quantitative estimate of drug-likeness (QED) is 0.861. The van der Waals surface area contributed by atoms with E-state index in [4.69, 9.17) is 15.6 Å². The van der Waals surface area contributed by atoms with Gasteiger partial charge in [0.1, 0.15) is 12.8 Å². The fourth-order valence-corrected chi connectivity index (χ4v) is 3.02. The zero-order valence-electron chi connectivity index (χ0n) is 13.9. The summed E-state index contributed by atoms with van der Waals surface area (Å²) in [6.07, 6.45) is 0.605. The van der Waals surface area contributed by atoms with E-state index < -0.39 is 12.3 Å². The van der Waals surface area contributed by atoms with Gasteiger partial charge in [0.25, 0.3) is 0 Å². The van der Waals surface area contributed by atoms with E-state index in [2.05, 4.69) is 4.98 Å². The number of amides is 2. The van der Waals surface area contributed by atoms with Crippen LogP contribution in [-0.2, 0) is 16.0 Å². The predicted molar refractivity (Wildman–Crippen MR) is 92.0 cm³/mol. The number of carbonyl (C=O) groups is 2. The van der Waals surface area contributed by atoms with Gasteiger partial charge in [-0.2, -0.15) is 0 Å². The minimum Gasteiger partial charge on any atom is -0.465 e. The van der Waals surface area contributed by atoms with Crippen LogP contribution in [0, 0.1) is 0 Å². The predicted octanol–water partition coefficient (Wildman–Crippen LogP) is 1.15. The number of carbonyl (C=O) groups excluding carboxylic acids is 1. The van der Waals surface area contributed by atoms with E-state index >= 15 is 0 Å². The third-order valence-electron chi connectivity index (χ3n) is 4.40. The molecule has 2 amide bonds. The number of nitrogens with two attached hydrogens (primary N) is 1. The first-order valence-electron chi connectivity index (χ1n) is 7.93. The van der Waals surface area contributed by atoms with Crippen LogP contribution in [0.2, 0.25) is 0 Å². The molecule has 25 heavy (non-hydrogen) atoms. The van der Waals surface area contributed by atoms with Crippen molar-refractivity contribution in [3.63, 3.8) is 0 Å². The molecule has 0 saturated carbocycles. The molecule has 1 aliphatic heterocycles. The number of anilines is 1. The van der Waals surface area contributed by atoms with E-state index in [9.17, 15) is 9.59 Å². The Bertz CT molecular complexity index is 810. The molecule has 0 unspecified atom stereocenters. The molecule has 1 fully saturated rings. The highest BCUT2D eigenvalue weighted by atomic mass is 16.5. The van der Waals surface area contributed by atoms with Crippen LogP contribution in [0.15, 0.2) is 30.5 Å². The number of pyridine rings is 1. The molecule has 0 radical (unpaired) electrons. The largest absolute Gasteiger partial charge is 0.465 e. The monoisotopic (exact) mass is 344 g/mol. The third kappa shape index (κ3) is 3.48. The Kier molecular flexibility index (Phi) is 4.71. The minimum absolute atomic E-state index is 0.148. The van der Waals surface area contributed by atoms with Crippen LogP contribution >= 0.6 is 0 Å². The zero-order chi connectivity index (χ0) is 18.0. The number of methoxy groups -OCH3 is 1. The van der Waals surface area contributed by atoms with Crippen LogP contribution in [0.5, 0.6) is 0 Å². The maximum Gasteiger partial charge on any atom is 0.407 e. The Hall–Kier alpha value is -2.87. The standard InChI is InChI=1S/C17H20N4O4/c1-25-16(21-7-6-20(17(23)24)10-15(21)22)9-11-2-3-12-13(18)4-5-19-14(12)8-11/h2-5,8,16H,6-7,9-10H2,1H3,(H2,18,19)(H,23,24)/t16-/m0/s1. The molecule has 2 heterocycles. The number of hydrogen-bond acceptors (Lipinski definition) is 5. The van der Waals surface area contributed by atoms with E-state index in [1.165, 1.54) is 0 Å². The van der Waals surface area contributed by atoms with E-state index in [0.717, 1.165) is 21.4 Å². The second kappa shape index (κ2) is 6.94. The summed E-state index contributed by atoms with van der Waals surface area (Å²) in [5.41, 5.74) is 8.35. The summed E-state index contributed by atoms with van der Waals surface area (Å²) in [5, 5.41) is 9.88. The maximum atomic E-state index is 12.3. The van der Waals surface area contributed by atoms with Crippen LogP contribution in [0.25, 0.3) is 10.9 Å². The number of benzene rings is 1. The molecular formula is C17H20N4O4. The highest BCUT2D eigenvalue weighted by molar-refractivity contribution is 5.90. The summed E-state index contributed by atoms with van der Waals surface area (Å²) >= 11 is 0. The Balaban J connectivity index is 1.76. The molecule has 3 N–H and O–H groups in total. The van der Waals surface area contributed by atoms with Gasteiger partial charge in [0.15, 0.2) is 0 Å². The third-order valence-corrected chi connectivity index (χ3v) is 4.40. The molecule has 0 spiro atoms. The van der Waals surface area contributed by atoms with E-state index in [1.807, 2.05) is 18.2 Å². The molecule has 0 bridgehead atoms. The second-order valence-corrected chi connectivity index (χ2v) is 5.94. The van der Waals surface area contributed by atoms with Gasteiger partial charge in [0, 0.05) is 43.9 Å². The first-order valence-corrected chi connectivity index (χ1v) is 7.93. The van der Waals surface area contributed by atoms with Crippen molar-refractivity contribution in [2.45, 2.75) is 12.6 Å². The normalized spacial score (nSPS) is 16.3. The maximum absolute atomic E-state index is 12.3. The number of nitrogen functional groups attached to an aromatic ring is 1. The average Bonchev–Trinajstić information content (AvgIpc) is 2.60. The van der Waals surface area contributed by atoms with Crippen LogP contribution in [-0.4, -0.2) is 64.9 Å². The van der Waals surface area contributed by atoms with Gasteiger partial charge in [0.05, 0.1) is 5.52 Å². The zero-order valence-corrected chi connectivity index (χ0v) is 13.9. The summed E-state index contributed by atoms with van der Waals surface area (Å²) in [6.45, 7) is 0.435. The minimum atomic E-state index is -1.08. The molecular weight excluding hydrogens is 324 g/mol. The number of aromatic nitrogens is 1. The van der Waals surface area contributed by atoms with Crippen molar-refractivity contribution in [1.29, 1.82) is 0 Å². The summed E-state index contributed by atoms with van der Waals surface area (Å²) in [5.74, 6) is -0.261. The lowest BCUT2D eigenvalue weighted by Crippen LogP contribution is -2.56. The molecule has 3 rings (SSSR count). The highest BCUT2D eigenvalue weighted by Gasteiger charge is 2.31. The lowest BCUT2D eigenvalue weighted by atomic mass is 10.1. The van der Waals surface area contributed by atoms with Gasteiger partial charge in [-0.25, -0.2) is 4.79 Å². The number of hydrogen-bond donors (Lipinski definition) is 2. The summed E-state index contributed by atoms with van der Waals surface area (Å²) in [6, 6.07) is 7.52. The number of piperazine rings is 1. The Morgan fingerprint density at radius 1 is 1.40 bits per heavy atom. The van der Waals surface area contributed by atoms with Crippen molar-refractivity contribution in [2.75, 3.05) is 32.5 Å². The van der Waals surface area contributed by atoms with Crippen molar-refractivity contribution in [3.05, 3.63) is 36.0 Å². The Morgan fingerprint density at radius 2 is 2.20 bits per heavy atom. The second-order valence-electron chi connectivity index (χ2n) is 5.94. The first kappa shape index (κ1) is 17.0. The molecule has 132 valence electrons. The number of ether oxygens (including phenoxy) is 1. The molecule has 1 aromatic heterocycles. The molecule has 1 aliphatic rings. The van der Waals surface area contributed by atoms with Gasteiger partial charge in [-0.15, -0.1) is 0 Å². The van der Waals surface area contributed by atoms with E-state index in [1.54, 1.807) is 24.3 Å². The van der Waals surface area contributed by atoms with Gasteiger partial charge in [-0.1, -0.05) is 12.1 Å². The number of fused-ring (bicyclic) bond motifs is 1. The Morgan fingerprint density at radius 3 is 2.88 bits per heavy atom. The smallest absolute Gasteiger partial charge is 0.407 e. The van der Waals surface area contributed by atoms with Crippen LogP contribution in [0.4, 0.5) is 10.5 Å². The van der Waals surface area contributed by atoms with Crippen molar-refractivity contribution in [2.24, 2.45) is 0 Å². The van der Waals surface area contributed by atoms with Crippen molar-refractivity contribution in [1.82, 2.24) is 14.8 Å². The molecule has 1 saturated heterocycles. The molecule has 0 aliphatic carbocycles. The first-order chi connectivity index (χ1) is 12.0. The molecule has 2 aromatic rings. The Labute approximate surface area is 144 Å². The summed E-state index contributed by atoms with van der Waals surface area (Å²) in [7, 11) is 1.54. The van der Waals surface area contributed by atoms with E-state index in [0.29, 0.717) is 18.7 Å². The van der Waals surface area contributed by atoms with Crippen molar-refractivity contribution < 1.29 is 19.4 Å². The molecule has 1 aromatic carbocycles. The summed E-state index contributed by atoms with van der Waals surface area (Å²) < 4.78 is 5.49. The number of nitrogens with zero attached hydrogens (tertiary/aromatic N) is 3. The van der Waals surface area contributed by atoms with Gasteiger partial charge >= 0.3 is 6.09 Å². The van der Waals surface area contributed by atoms with Crippen LogP contribution in [0.1, 0.15) is 5.56 Å². The van der Waals surface area contributed by atoms with E-state index in [-0.39, 0.29) is 19.0 Å². The lowest BCUT2D eigenvalue weighted by molar-refractivity contribution is -0.149. The van der Waals surface area contributed by atoms with Gasteiger partial charge < -0.3 is 20.5 Å². The fraction of sp³-hybridized carbons (Fsp3) is 0.353. The highest BCUT2D eigenvalue weighted by Crippen LogP contribution is 2.21. The average molecular weight is 344 g/mol. The molecule has 1 atom stereocenters. The SMILES string of the molecule is CO[C@@H](Cc1ccc2c(N)ccnc2c1)N1CCN(C(=O)O)CC1=O. The lowest BCUT2D eigenvalue weighted by Gasteiger charge is -2.37. The molecule has 8 heteroatoms. The molecule has 8 nitrogen and oxygen atoms in total. The number of rotatable bonds is 4. The van der Waals surface area contributed by atoms with Gasteiger partial charge in [-0.3, -0.25) is 14.7 Å². The van der Waals surface area contributed by atoms with Gasteiger partial charge in [0.2, 0.25) is 5.91 Å². The van der Waals surface area contributed by atoms with Crippen molar-refractivity contribution >= 4 is 28.6 Å².